The minimum Gasteiger partial charge on any atom is -0.507 e. The van der Waals surface area contributed by atoms with Gasteiger partial charge in [0, 0.05) is 16.0 Å². The summed E-state index contributed by atoms with van der Waals surface area (Å²) in [6.07, 6.45) is -8.33. The number of hydrogen-bond acceptors (Lipinski definition) is 5. The van der Waals surface area contributed by atoms with E-state index in [0.717, 1.165) is 10.0 Å². The molecule has 2 aromatic rings. The molecular formula is C32H32BrF6NO5. The average Bonchev–Trinajstić information content (AvgIpc) is 3.20. The summed E-state index contributed by atoms with van der Waals surface area (Å²) in [6.45, 7) is 2.98. The van der Waals surface area contributed by atoms with E-state index in [0.29, 0.717) is 53.0 Å². The number of hydrogen-bond donors (Lipinski definition) is 3. The lowest BCUT2D eigenvalue weighted by Gasteiger charge is -2.36. The van der Waals surface area contributed by atoms with Crippen LogP contribution in [-0.4, -0.2) is 39.8 Å². The van der Waals surface area contributed by atoms with Crippen LogP contribution in [0.3, 0.4) is 0 Å². The molecule has 6 nitrogen and oxygen atoms in total. The van der Waals surface area contributed by atoms with Crippen LogP contribution >= 0.6 is 15.9 Å². The minimum absolute atomic E-state index is 0.0334. The van der Waals surface area contributed by atoms with Crippen molar-refractivity contribution in [1.82, 2.24) is 0 Å². The van der Waals surface area contributed by atoms with Gasteiger partial charge in [0.25, 0.3) is 0 Å². The van der Waals surface area contributed by atoms with Gasteiger partial charge in [0.15, 0.2) is 0 Å². The minimum atomic E-state index is -5.18. The Labute approximate surface area is 264 Å². The summed E-state index contributed by atoms with van der Waals surface area (Å²) < 4.78 is 82.1. The first-order chi connectivity index (χ1) is 21.0. The zero-order chi connectivity index (χ0) is 33.4. The maximum atomic E-state index is 13.7. The third-order valence-electron chi connectivity index (χ3n) is 8.33. The quantitative estimate of drug-likeness (QED) is 0.142. The summed E-state index contributed by atoms with van der Waals surface area (Å²) in [5.41, 5.74) is -1.84. The number of phenols is 1. The third-order valence-corrected chi connectivity index (χ3v) is 8.82. The molecule has 13 heteroatoms. The second-order valence-corrected chi connectivity index (χ2v) is 12.4. The highest BCUT2D eigenvalue weighted by Crippen LogP contribution is 2.49. The molecule has 0 spiro atoms. The van der Waals surface area contributed by atoms with Crippen LogP contribution in [0.4, 0.5) is 32.0 Å². The van der Waals surface area contributed by atoms with Gasteiger partial charge in [-0.05, 0) is 74.6 Å². The number of imide groups is 1. The number of aromatic hydroxyl groups is 1. The van der Waals surface area contributed by atoms with Crippen LogP contribution in [0.25, 0.3) is 6.08 Å². The van der Waals surface area contributed by atoms with E-state index in [1.165, 1.54) is 6.07 Å². The molecule has 1 fully saturated rings. The molecule has 0 aromatic heterocycles. The van der Waals surface area contributed by atoms with Crippen LogP contribution in [0, 0.1) is 17.8 Å². The summed E-state index contributed by atoms with van der Waals surface area (Å²) in [6, 6.07) is 5.52. The fourth-order valence-corrected chi connectivity index (χ4v) is 6.70. The Morgan fingerprint density at radius 1 is 1.04 bits per heavy atom. The fourth-order valence-electron chi connectivity index (χ4n) is 6.32. The molecule has 2 amide bonds. The first-order valence-corrected chi connectivity index (χ1v) is 15.1. The third kappa shape index (κ3) is 7.30. The van der Waals surface area contributed by atoms with Crippen molar-refractivity contribution in [3.05, 3.63) is 74.3 Å². The molecule has 4 atom stereocenters. The number of fused-ring (bicyclic) bond motifs is 1. The van der Waals surface area contributed by atoms with Crippen molar-refractivity contribution in [3.63, 3.8) is 0 Å². The number of aliphatic hydroxyl groups excluding tert-OH is 2. The molecule has 45 heavy (non-hydrogen) atoms. The van der Waals surface area contributed by atoms with Crippen LogP contribution < -0.4 is 4.90 Å². The number of carbonyl (C=O) groups excluding carboxylic acids is 2. The van der Waals surface area contributed by atoms with Gasteiger partial charge in [-0.25, -0.2) is 4.90 Å². The lowest BCUT2D eigenvalue weighted by Crippen LogP contribution is -2.39. The van der Waals surface area contributed by atoms with E-state index >= 15 is 0 Å². The second-order valence-electron chi connectivity index (χ2n) is 11.5. The fraction of sp³-hybridized carbons (Fsp3) is 0.438. The normalized spacial score (nSPS) is 21.9. The highest BCUT2D eigenvalue weighted by Gasteiger charge is 2.55. The Bertz CT molecular complexity index is 1500. The Morgan fingerprint density at radius 3 is 2.22 bits per heavy atom. The van der Waals surface area contributed by atoms with Crippen LogP contribution in [0.5, 0.6) is 5.75 Å². The van der Waals surface area contributed by atoms with Crippen LogP contribution in [0.1, 0.15) is 62.6 Å². The molecule has 2 aromatic carbocycles. The van der Waals surface area contributed by atoms with Gasteiger partial charge >= 0.3 is 12.4 Å². The molecule has 1 aliphatic carbocycles. The number of phenolic OH excluding ortho intramolecular Hbond substituents is 1. The molecule has 1 aliphatic heterocycles. The highest BCUT2D eigenvalue weighted by molar-refractivity contribution is 9.10. The molecular weight excluding hydrogens is 672 g/mol. The van der Waals surface area contributed by atoms with Gasteiger partial charge in [-0.3, -0.25) is 9.59 Å². The van der Waals surface area contributed by atoms with E-state index < -0.39 is 71.4 Å². The Kier molecular flexibility index (Phi) is 10.3. The maximum absolute atomic E-state index is 13.7. The topological polar surface area (TPSA) is 98.1 Å². The van der Waals surface area contributed by atoms with Gasteiger partial charge in [0.05, 0.1) is 41.4 Å². The van der Waals surface area contributed by atoms with Crippen molar-refractivity contribution in [2.75, 3.05) is 11.5 Å². The van der Waals surface area contributed by atoms with Crippen LogP contribution in [-0.2, 0) is 21.9 Å². The molecule has 3 N–H and O–H groups in total. The first kappa shape index (κ1) is 34.7. The van der Waals surface area contributed by atoms with Gasteiger partial charge in [0.1, 0.15) is 5.75 Å². The van der Waals surface area contributed by atoms with Crippen molar-refractivity contribution < 1.29 is 51.3 Å². The number of halogens is 7. The van der Waals surface area contributed by atoms with E-state index in [9.17, 15) is 51.3 Å². The number of carbonyl (C=O) groups is 2. The Morgan fingerprint density at radius 2 is 1.67 bits per heavy atom. The predicted molar refractivity (Wildman–Crippen MR) is 158 cm³/mol. The molecule has 1 heterocycles. The van der Waals surface area contributed by atoms with Crippen molar-refractivity contribution >= 4 is 39.5 Å². The van der Waals surface area contributed by atoms with E-state index in [-0.39, 0.29) is 24.7 Å². The van der Waals surface area contributed by atoms with Crippen LogP contribution in [0.2, 0.25) is 0 Å². The monoisotopic (exact) mass is 703 g/mol. The van der Waals surface area contributed by atoms with Crippen molar-refractivity contribution in [2.24, 2.45) is 17.8 Å². The number of nitrogens with zero attached hydrogens (tertiary/aromatic N) is 1. The maximum Gasteiger partial charge on any atom is 0.416 e. The number of amides is 2. The van der Waals surface area contributed by atoms with Gasteiger partial charge in [-0.1, -0.05) is 46.5 Å². The smallest absolute Gasteiger partial charge is 0.416 e. The number of alkyl halides is 6. The zero-order valence-corrected chi connectivity index (χ0v) is 25.9. The van der Waals surface area contributed by atoms with E-state index in [4.69, 9.17) is 0 Å². The SMILES string of the molecule is CCCC1=C([C@H](O)CC/C(C)=C/c2cc(Br)ccc2O)[C@H](CO)[C@@H]2C(=O)N(c3cc(C(F)(F)F)cc(C(F)(F)F)c3)C(=O)[C@@H]2C1. The van der Waals surface area contributed by atoms with Crippen molar-refractivity contribution in [1.29, 1.82) is 0 Å². The van der Waals surface area contributed by atoms with E-state index in [2.05, 4.69) is 15.9 Å². The molecule has 4 rings (SSSR count). The Hall–Kier alpha value is -3.16. The lowest BCUT2D eigenvalue weighted by atomic mass is 9.67. The first-order valence-electron chi connectivity index (χ1n) is 14.3. The number of benzene rings is 2. The van der Waals surface area contributed by atoms with Crippen LogP contribution in [0.15, 0.2) is 57.6 Å². The largest absolute Gasteiger partial charge is 0.507 e. The number of allylic oxidation sites excluding steroid dienone is 2. The van der Waals surface area contributed by atoms with Gasteiger partial charge < -0.3 is 15.3 Å². The Balaban J connectivity index is 1.67. The van der Waals surface area contributed by atoms with Gasteiger partial charge in [-0.2, -0.15) is 26.3 Å². The lowest BCUT2D eigenvalue weighted by molar-refractivity contribution is -0.143. The summed E-state index contributed by atoms with van der Waals surface area (Å²) in [4.78, 5) is 27.6. The van der Waals surface area contributed by atoms with Gasteiger partial charge in [-0.15, -0.1) is 0 Å². The average molecular weight is 705 g/mol. The molecule has 2 aliphatic rings. The predicted octanol–water partition coefficient (Wildman–Crippen LogP) is 7.65. The second kappa shape index (κ2) is 13.3. The number of aliphatic hydroxyl groups is 2. The molecule has 0 unspecified atom stereocenters. The van der Waals surface area contributed by atoms with Crippen molar-refractivity contribution in [2.45, 2.75) is 64.4 Å². The summed E-state index contributed by atoms with van der Waals surface area (Å²) in [7, 11) is 0. The molecule has 1 saturated heterocycles. The number of rotatable bonds is 9. The highest BCUT2D eigenvalue weighted by atomic mass is 79.9. The van der Waals surface area contributed by atoms with E-state index in [1.54, 1.807) is 25.1 Å². The number of anilines is 1. The summed E-state index contributed by atoms with van der Waals surface area (Å²) in [5.74, 6) is -5.41. The molecule has 0 bridgehead atoms. The van der Waals surface area contributed by atoms with Crippen molar-refractivity contribution in [3.8, 4) is 5.75 Å². The zero-order valence-electron chi connectivity index (χ0n) is 24.3. The summed E-state index contributed by atoms with van der Waals surface area (Å²) >= 11 is 3.35. The van der Waals surface area contributed by atoms with Gasteiger partial charge in [0.2, 0.25) is 11.8 Å². The standard InChI is InChI=1S/C32H32BrF6NO5/c1-3-4-17-11-23-28(24(15-41)27(17)26(43)7-5-16(2)9-18-10-21(33)6-8-25(18)42)30(45)40(29(23)44)22-13-19(31(34,35)36)12-20(14-22)32(37,38)39/h6,8-10,12-14,23-24,26,28,41-43H,3-5,7,11,15H2,1-2H3/b16-9+/t23-,24+,26-,28-/m1/s1. The molecule has 0 radical (unpaired) electrons. The molecule has 0 saturated carbocycles. The summed E-state index contributed by atoms with van der Waals surface area (Å²) in [5, 5.41) is 32.0. The molecule has 244 valence electrons. The van der Waals surface area contributed by atoms with E-state index in [1.807, 2.05) is 6.92 Å².